The number of likely N-dealkylation sites (N-methyl/N-ethyl adjacent to an activating group) is 1. The summed E-state index contributed by atoms with van der Waals surface area (Å²) in [6.07, 6.45) is -0.0642. The standard InChI is InChI=1S/C24H21FN2O6.C14H17N3O4.C12H11FO3/c1-13-26-27-24(32-13)15-7-5-14(6-8-15)23(31-4)22(28)18-10-9-17(33-18)16-11-19(29-2)21(25)20(12-16)30-3;1-9-15-16-13(21-9)11-7-5-10(6-8-11)12(19-3)14(18)17(2)20-4;1-14-10-6-8(9-4-3-5-16-9)7-11(15-2)12(10)13/h5-12,23H,1-4H3;5-8,12H,1-4H3;3-7H,1-2H3. The largest absolute Gasteiger partial charge is 0.494 e. The van der Waals surface area contributed by atoms with Crippen LogP contribution in [-0.2, 0) is 19.1 Å². The highest BCUT2D eigenvalue weighted by atomic mass is 19.1. The Hall–Kier alpha value is -8.20. The lowest BCUT2D eigenvalue weighted by Crippen LogP contribution is -2.31. The van der Waals surface area contributed by atoms with E-state index in [1.807, 2.05) is 0 Å². The second-order valence-corrected chi connectivity index (χ2v) is 14.6. The molecule has 2 atom stereocenters. The van der Waals surface area contributed by atoms with Crippen LogP contribution in [0.1, 0.15) is 45.7 Å². The number of halogens is 2. The van der Waals surface area contributed by atoms with Crippen molar-refractivity contribution in [2.45, 2.75) is 26.1 Å². The summed E-state index contributed by atoms with van der Waals surface area (Å²) in [6, 6.07) is 27.0. The number of aromatic nitrogens is 4. The van der Waals surface area contributed by atoms with E-state index >= 15 is 0 Å². The number of methoxy groups -OCH3 is 6. The molecular formula is C50H49F2N5O13. The number of carbonyl (C=O) groups is 2. The molecule has 18 nitrogen and oxygen atoms in total. The van der Waals surface area contributed by atoms with Crippen molar-refractivity contribution in [3.8, 4) is 68.6 Å². The molecule has 0 saturated heterocycles. The van der Waals surface area contributed by atoms with Crippen LogP contribution in [0.15, 0.2) is 121 Å². The quantitative estimate of drug-likeness (QED) is 0.0652. The summed E-state index contributed by atoms with van der Waals surface area (Å²) < 4.78 is 80.3. The molecule has 0 bridgehead atoms. The van der Waals surface area contributed by atoms with Gasteiger partial charge in [0, 0.05) is 57.4 Å². The van der Waals surface area contributed by atoms with Crippen LogP contribution in [0.3, 0.4) is 0 Å². The van der Waals surface area contributed by atoms with E-state index in [0.717, 1.165) is 16.2 Å². The Morgan fingerprint density at radius 3 is 1.36 bits per heavy atom. The van der Waals surface area contributed by atoms with Crippen LogP contribution < -0.4 is 18.9 Å². The van der Waals surface area contributed by atoms with Gasteiger partial charge in [0.15, 0.2) is 34.9 Å². The van der Waals surface area contributed by atoms with E-state index in [9.17, 15) is 18.4 Å². The molecule has 4 aromatic carbocycles. The molecule has 1 amide bonds. The average Bonchev–Trinajstić information content (AvgIpc) is 4.25. The van der Waals surface area contributed by atoms with Gasteiger partial charge in [-0.05, 0) is 83.9 Å². The van der Waals surface area contributed by atoms with Gasteiger partial charge in [0.2, 0.25) is 41.0 Å². The van der Waals surface area contributed by atoms with Gasteiger partial charge in [-0.3, -0.25) is 14.4 Å². The predicted molar refractivity (Wildman–Crippen MR) is 247 cm³/mol. The smallest absolute Gasteiger partial charge is 0.279 e. The highest BCUT2D eigenvalue weighted by Gasteiger charge is 2.27. The molecule has 4 heterocycles. The molecule has 8 aromatic rings. The molecular weight excluding hydrogens is 917 g/mol. The fourth-order valence-corrected chi connectivity index (χ4v) is 6.68. The van der Waals surface area contributed by atoms with Gasteiger partial charge >= 0.3 is 0 Å². The number of furan rings is 2. The summed E-state index contributed by atoms with van der Waals surface area (Å²) in [4.78, 5) is 30.1. The summed E-state index contributed by atoms with van der Waals surface area (Å²) in [5.41, 5.74) is 4.05. The lowest BCUT2D eigenvalue weighted by Gasteiger charge is -2.20. The van der Waals surface area contributed by atoms with Crippen LogP contribution in [0.4, 0.5) is 8.78 Å². The minimum absolute atomic E-state index is 0.0000695. The highest BCUT2D eigenvalue weighted by Crippen LogP contribution is 2.36. The second kappa shape index (κ2) is 23.7. The molecule has 0 spiro atoms. The van der Waals surface area contributed by atoms with Crippen LogP contribution in [0.5, 0.6) is 23.0 Å². The number of hydrogen-bond acceptors (Lipinski definition) is 17. The van der Waals surface area contributed by atoms with E-state index in [-0.39, 0.29) is 40.4 Å². The monoisotopic (exact) mass is 965 g/mol. The summed E-state index contributed by atoms with van der Waals surface area (Å²) >= 11 is 0. The Bertz CT molecular complexity index is 2920. The van der Waals surface area contributed by atoms with Gasteiger partial charge in [0.25, 0.3) is 5.91 Å². The number of nitrogens with zero attached hydrogens (tertiary/aromatic N) is 5. The molecule has 0 aliphatic heterocycles. The lowest BCUT2D eigenvalue weighted by molar-refractivity contribution is -0.179. The van der Waals surface area contributed by atoms with Gasteiger partial charge in [-0.2, -0.15) is 8.78 Å². The minimum Gasteiger partial charge on any atom is -0.494 e. The van der Waals surface area contributed by atoms with Gasteiger partial charge in [-0.25, -0.2) is 5.06 Å². The number of ketones is 1. The molecule has 4 aromatic heterocycles. The van der Waals surface area contributed by atoms with Gasteiger partial charge in [-0.15, -0.1) is 20.4 Å². The number of carbonyl (C=O) groups excluding carboxylic acids is 2. The number of rotatable bonds is 16. The first-order valence-electron chi connectivity index (χ1n) is 21.0. The zero-order chi connectivity index (χ0) is 50.5. The van der Waals surface area contributed by atoms with Crippen LogP contribution in [-0.4, -0.2) is 94.0 Å². The van der Waals surface area contributed by atoms with Crippen LogP contribution >= 0.6 is 0 Å². The maximum atomic E-state index is 14.2. The lowest BCUT2D eigenvalue weighted by atomic mass is 10.0. The number of amides is 1. The van der Waals surface area contributed by atoms with E-state index < -0.39 is 23.8 Å². The fourth-order valence-electron chi connectivity index (χ4n) is 6.68. The maximum Gasteiger partial charge on any atom is 0.279 e. The molecule has 0 saturated carbocycles. The van der Waals surface area contributed by atoms with Crippen LogP contribution in [0.2, 0.25) is 0 Å². The zero-order valence-corrected chi connectivity index (χ0v) is 39.8. The number of benzene rings is 4. The third-order valence-corrected chi connectivity index (χ3v) is 10.3. The third kappa shape index (κ3) is 11.9. The van der Waals surface area contributed by atoms with E-state index in [1.165, 1.54) is 68.9 Å². The zero-order valence-electron chi connectivity index (χ0n) is 39.8. The van der Waals surface area contributed by atoms with Crippen molar-refractivity contribution in [3.05, 3.63) is 144 Å². The number of hydrogen-bond donors (Lipinski definition) is 0. The number of hydroxylamine groups is 2. The Kier molecular flexibility index (Phi) is 17.3. The number of ether oxygens (including phenoxy) is 6. The highest BCUT2D eigenvalue weighted by molar-refractivity contribution is 5.98. The van der Waals surface area contributed by atoms with Crippen molar-refractivity contribution >= 4 is 11.7 Å². The van der Waals surface area contributed by atoms with Gasteiger partial charge in [0.1, 0.15) is 17.6 Å². The molecule has 8 rings (SSSR count). The first kappa shape index (κ1) is 51.2. The van der Waals surface area contributed by atoms with Crippen molar-refractivity contribution in [1.29, 1.82) is 0 Å². The van der Waals surface area contributed by atoms with Crippen molar-refractivity contribution in [2.75, 3.05) is 56.8 Å². The minimum atomic E-state index is -0.889. The molecule has 366 valence electrons. The first-order chi connectivity index (χ1) is 33.8. The Morgan fingerprint density at radius 2 is 0.986 bits per heavy atom. The summed E-state index contributed by atoms with van der Waals surface area (Å²) in [5, 5.41) is 16.7. The predicted octanol–water partition coefficient (Wildman–Crippen LogP) is 9.89. The Morgan fingerprint density at radius 1 is 0.543 bits per heavy atom. The molecule has 0 aliphatic rings. The van der Waals surface area contributed by atoms with Gasteiger partial charge in [0.05, 0.1) is 41.8 Å². The summed E-state index contributed by atoms with van der Waals surface area (Å²) in [5.74, 6) is 1.34. The topological polar surface area (TPSA) is 206 Å². The maximum absolute atomic E-state index is 14.2. The summed E-state index contributed by atoms with van der Waals surface area (Å²) in [6.45, 7) is 3.44. The van der Waals surface area contributed by atoms with E-state index in [1.54, 1.807) is 105 Å². The van der Waals surface area contributed by atoms with Crippen molar-refractivity contribution < 1.29 is 69.3 Å². The molecule has 2 unspecified atom stereocenters. The average molecular weight is 966 g/mol. The summed E-state index contributed by atoms with van der Waals surface area (Å²) in [7, 11) is 11.4. The Balaban J connectivity index is 0.000000186. The Labute approximate surface area is 400 Å². The molecule has 0 fully saturated rings. The van der Waals surface area contributed by atoms with Crippen LogP contribution in [0, 0.1) is 25.5 Å². The molecule has 0 N–H and O–H groups in total. The fraction of sp³-hybridized carbons (Fsp3) is 0.240. The van der Waals surface area contributed by atoms with E-state index in [0.29, 0.717) is 57.3 Å². The molecule has 20 heteroatoms. The van der Waals surface area contributed by atoms with Gasteiger partial charge in [-0.1, -0.05) is 24.3 Å². The van der Waals surface area contributed by atoms with Crippen molar-refractivity contribution in [1.82, 2.24) is 25.5 Å². The second-order valence-electron chi connectivity index (χ2n) is 14.6. The molecule has 0 aliphatic carbocycles. The normalized spacial score (nSPS) is 11.6. The van der Waals surface area contributed by atoms with Crippen LogP contribution in [0.25, 0.3) is 45.6 Å². The van der Waals surface area contributed by atoms with E-state index in [2.05, 4.69) is 20.4 Å². The molecule has 70 heavy (non-hydrogen) atoms. The van der Waals surface area contributed by atoms with Gasteiger partial charge < -0.3 is 46.1 Å². The number of Topliss-reactive ketones (excluding diaryl/α,β-unsaturated/α-hetero) is 1. The molecule has 0 radical (unpaired) electrons. The number of aryl methyl sites for hydroxylation is 2. The SMILES string of the molecule is COC(C(=O)N(C)OC)c1ccc(-c2nnc(C)o2)cc1.COc1cc(-c2ccc(C(=O)C(OC)c3ccc(-c4nnc(C)o4)cc3)o2)cc(OC)c1F.COc1cc(-c2ccco2)cc(OC)c1F. The first-order valence-corrected chi connectivity index (χ1v) is 21.0. The van der Waals surface area contributed by atoms with Crippen molar-refractivity contribution in [3.63, 3.8) is 0 Å². The van der Waals surface area contributed by atoms with Crippen molar-refractivity contribution in [2.24, 2.45) is 0 Å². The van der Waals surface area contributed by atoms with E-state index in [4.69, 9.17) is 50.9 Å². The third-order valence-electron chi connectivity index (χ3n) is 10.3.